The zero-order valence-electron chi connectivity index (χ0n) is 10.6. The molecule has 0 aromatic carbocycles. The van der Waals surface area contributed by atoms with Gasteiger partial charge in [-0.1, -0.05) is 6.58 Å². The van der Waals surface area contributed by atoms with Crippen molar-refractivity contribution in [3.8, 4) is 0 Å². The molecule has 0 spiro atoms. The van der Waals surface area contributed by atoms with Gasteiger partial charge in [0.05, 0.1) is 6.61 Å². The Morgan fingerprint density at radius 2 is 1.88 bits per heavy atom. The van der Waals surface area contributed by atoms with E-state index in [2.05, 4.69) is 6.58 Å². The van der Waals surface area contributed by atoms with Gasteiger partial charge in [0.25, 0.3) is 0 Å². The van der Waals surface area contributed by atoms with Gasteiger partial charge in [-0.25, -0.2) is 4.79 Å². The summed E-state index contributed by atoms with van der Waals surface area (Å²) in [5.74, 6) is -0.401. The third-order valence-electron chi connectivity index (χ3n) is 1.98. The third kappa shape index (κ3) is 6.71. The monoisotopic (exact) mass is 280 g/mol. The largest absolute Gasteiger partial charge is 0.667 e. The van der Waals surface area contributed by atoms with Gasteiger partial charge in [-0.3, -0.25) is 0 Å². The molecule has 8 heteroatoms. The Morgan fingerprint density at radius 1 is 1.29 bits per heavy atom. The highest BCUT2D eigenvalue weighted by atomic mass is 28.4. The van der Waals surface area contributed by atoms with Crippen LogP contribution in [-0.2, 0) is 26.9 Å². The molecule has 0 aliphatic heterocycles. The van der Waals surface area contributed by atoms with Crippen LogP contribution in [0.5, 0.6) is 0 Å². The van der Waals surface area contributed by atoms with E-state index < -0.39 is 24.8 Å². The van der Waals surface area contributed by atoms with Gasteiger partial charge in [0.15, 0.2) is 9.76 Å². The standard InChI is InChI=1S/C9H20O6Si2/c1-5-9(10)14-7-6-8-16-15-17(11-2,12-3)13-4/h5H,1,6-8,16H2,2-4H3. The summed E-state index contributed by atoms with van der Waals surface area (Å²) < 4.78 is 25.7. The number of esters is 1. The molecule has 0 amide bonds. The predicted molar refractivity (Wildman–Crippen MR) is 67.0 cm³/mol. The second kappa shape index (κ2) is 9.51. The van der Waals surface area contributed by atoms with Crippen molar-refractivity contribution in [3.05, 3.63) is 12.7 Å². The van der Waals surface area contributed by atoms with Crippen LogP contribution >= 0.6 is 0 Å². The topological polar surface area (TPSA) is 63.2 Å². The number of rotatable bonds is 10. The number of hydrogen-bond donors (Lipinski definition) is 0. The highest BCUT2D eigenvalue weighted by molar-refractivity contribution is 6.60. The average molecular weight is 280 g/mol. The molecule has 100 valence electrons. The fraction of sp³-hybridized carbons (Fsp3) is 0.667. The Labute approximate surface area is 105 Å². The van der Waals surface area contributed by atoms with Crippen molar-refractivity contribution in [3.63, 3.8) is 0 Å². The van der Waals surface area contributed by atoms with Crippen molar-refractivity contribution in [2.75, 3.05) is 27.9 Å². The van der Waals surface area contributed by atoms with E-state index >= 15 is 0 Å². The molecule has 0 fully saturated rings. The molecular weight excluding hydrogens is 260 g/mol. The molecule has 0 aliphatic rings. The van der Waals surface area contributed by atoms with Crippen LogP contribution in [-0.4, -0.2) is 52.7 Å². The lowest BCUT2D eigenvalue weighted by Crippen LogP contribution is -2.47. The molecule has 0 aromatic rings. The van der Waals surface area contributed by atoms with Gasteiger partial charge >= 0.3 is 15.0 Å². The summed E-state index contributed by atoms with van der Waals surface area (Å²) in [6.45, 7) is 3.68. The summed E-state index contributed by atoms with van der Waals surface area (Å²) in [7, 11) is 0.823. The van der Waals surface area contributed by atoms with E-state index in [9.17, 15) is 4.79 Å². The number of carbonyl (C=O) groups excluding carboxylic acids is 1. The normalized spacial score (nSPS) is 11.9. The lowest BCUT2D eigenvalue weighted by atomic mass is 10.5. The molecule has 0 heterocycles. The molecule has 0 bridgehead atoms. The smallest absolute Gasteiger partial charge is 0.463 e. The fourth-order valence-corrected chi connectivity index (χ4v) is 4.96. The van der Waals surface area contributed by atoms with Gasteiger partial charge in [-0.15, -0.1) is 0 Å². The van der Waals surface area contributed by atoms with Crippen LogP contribution in [0.25, 0.3) is 0 Å². The molecule has 0 rings (SSSR count). The molecule has 0 saturated carbocycles. The Morgan fingerprint density at radius 3 is 2.35 bits per heavy atom. The minimum atomic E-state index is -2.87. The van der Waals surface area contributed by atoms with E-state index in [1.807, 2.05) is 0 Å². The summed E-state index contributed by atoms with van der Waals surface area (Å²) in [5, 5.41) is 0. The number of hydrogen-bond acceptors (Lipinski definition) is 6. The lowest BCUT2D eigenvalue weighted by Gasteiger charge is -2.23. The molecule has 17 heavy (non-hydrogen) atoms. The summed E-state index contributed by atoms with van der Waals surface area (Å²) in [4.78, 5) is 10.7. The van der Waals surface area contributed by atoms with E-state index in [1.165, 1.54) is 21.3 Å². The van der Waals surface area contributed by atoms with Gasteiger partial charge in [0.1, 0.15) is 0 Å². The molecule has 0 saturated heterocycles. The summed E-state index contributed by atoms with van der Waals surface area (Å²) in [6, 6.07) is 0.856. The van der Waals surface area contributed by atoms with Crippen LogP contribution in [0.4, 0.5) is 0 Å². The minimum Gasteiger partial charge on any atom is -0.463 e. The maximum Gasteiger partial charge on any atom is 0.667 e. The van der Waals surface area contributed by atoms with E-state index in [0.717, 1.165) is 18.5 Å². The lowest BCUT2D eigenvalue weighted by molar-refractivity contribution is -0.137. The second-order valence-corrected chi connectivity index (χ2v) is 7.53. The molecule has 0 N–H and O–H groups in total. The maximum absolute atomic E-state index is 10.7. The van der Waals surface area contributed by atoms with Crippen molar-refractivity contribution < 1.29 is 26.9 Å². The predicted octanol–water partition coefficient (Wildman–Crippen LogP) is -0.000800. The Bertz CT molecular complexity index is 223. The van der Waals surface area contributed by atoms with Crippen LogP contribution in [0.15, 0.2) is 12.7 Å². The van der Waals surface area contributed by atoms with Gasteiger partial charge < -0.3 is 22.1 Å². The Kier molecular flexibility index (Phi) is 9.22. The van der Waals surface area contributed by atoms with Crippen LogP contribution in [0.1, 0.15) is 6.42 Å². The molecule has 0 atom stereocenters. The van der Waals surface area contributed by atoms with E-state index in [1.54, 1.807) is 0 Å². The third-order valence-corrected chi connectivity index (χ3v) is 6.50. The summed E-state index contributed by atoms with van der Waals surface area (Å²) in [5.41, 5.74) is 0. The van der Waals surface area contributed by atoms with Crippen LogP contribution in [0.3, 0.4) is 0 Å². The number of ether oxygens (including phenoxy) is 1. The number of carbonyl (C=O) groups is 1. The van der Waals surface area contributed by atoms with E-state index in [-0.39, 0.29) is 0 Å². The van der Waals surface area contributed by atoms with E-state index in [4.69, 9.17) is 22.1 Å². The molecule has 6 nitrogen and oxygen atoms in total. The fourth-order valence-electron chi connectivity index (χ4n) is 1.06. The molecule has 0 unspecified atom stereocenters. The van der Waals surface area contributed by atoms with Crippen LogP contribution in [0, 0.1) is 0 Å². The average Bonchev–Trinajstić information content (AvgIpc) is 2.38. The highest BCUT2D eigenvalue weighted by Crippen LogP contribution is 2.07. The zero-order chi connectivity index (χ0) is 13.1. The Hall–Kier alpha value is -0.516. The summed E-state index contributed by atoms with van der Waals surface area (Å²) >= 11 is 0. The first-order chi connectivity index (χ1) is 8.14. The molecule has 0 aliphatic carbocycles. The maximum atomic E-state index is 10.7. The van der Waals surface area contributed by atoms with Crippen molar-refractivity contribution >= 4 is 24.8 Å². The van der Waals surface area contributed by atoms with E-state index in [0.29, 0.717) is 6.61 Å². The van der Waals surface area contributed by atoms with Crippen molar-refractivity contribution in [1.29, 1.82) is 0 Å². The first-order valence-electron chi connectivity index (χ1n) is 5.22. The minimum absolute atomic E-state index is 0.378. The summed E-state index contributed by atoms with van der Waals surface area (Å²) in [6.07, 6.45) is 1.90. The van der Waals surface area contributed by atoms with Crippen molar-refractivity contribution in [2.45, 2.75) is 12.5 Å². The van der Waals surface area contributed by atoms with Gasteiger partial charge in [0, 0.05) is 27.4 Å². The van der Waals surface area contributed by atoms with Crippen molar-refractivity contribution in [2.24, 2.45) is 0 Å². The second-order valence-electron chi connectivity index (χ2n) is 3.04. The first kappa shape index (κ1) is 16.5. The highest BCUT2D eigenvalue weighted by Gasteiger charge is 2.41. The molecule has 0 radical (unpaired) electrons. The molecular formula is C9H20O6Si2. The van der Waals surface area contributed by atoms with Crippen LogP contribution < -0.4 is 0 Å². The van der Waals surface area contributed by atoms with Gasteiger partial charge in [-0.2, -0.15) is 0 Å². The Balaban J connectivity index is 3.62. The van der Waals surface area contributed by atoms with Crippen LogP contribution in [0.2, 0.25) is 6.04 Å². The van der Waals surface area contributed by atoms with Gasteiger partial charge in [0.2, 0.25) is 0 Å². The first-order valence-corrected chi connectivity index (χ1v) is 8.43. The van der Waals surface area contributed by atoms with Gasteiger partial charge in [-0.05, 0) is 12.5 Å². The quantitative estimate of drug-likeness (QED) is 0.243. The molecule has 0 aromatic heterocycles. The zero-order valence-corrected chi connectivity index (χ0v) is 13.0. The van der Waals surface area contributed by atoms with Crippen molar-refractivity contribution in [1.82, 2.24) is 0 Å². The SMILES string of the molecule is C=CC(=O)OCCC[SiH2]O[Si](OC)(OC)OC.